The van der Waals surface area contributed by atoms with Gasteiger partial charge in [0.05, 0.1) is 23.1 Å². The molecule has 0 aliphatic heterocycles. The minimum absolute atomic E-state index is 0.153. The van der Waals surface area contributed by atoms with Gasteiger partial charge in [-0.05, 0) is 13.3 Å². The predicted octanol–water partition coefficient (Wildman–Crippen LogP) is 1.58. The summed E-state index contributed by atoms with van der Waals surface area (Å²) < 4.78 is 5.02. The fraction of sp³-hybridized carbons (Fsp3) is 0.538. The smallest absolute Gasteiger partial charge is 0.288 e. The second-order valence-electron chi connectivity index (χ2n) is 4.41. The van der Waals surface area contributed by atoms with Crippen LogP contribution in [0.15, 0.2) is 12.3 Å². The fourth-order valence-electron chi connectivity index (χ4n) is 1.76. The zero-order chi connectivity index (χ0) is 15.8. The van der Waals surface area contributed by atoms with Crippen molar-refractivity contribution in [2.75, 3.05) is 25.6 Å². The Morgan fingerprint density at radius 3 is 2.76 bits per heavy atom. The van der Waals surface area contributed by atoms with Gasteiger partial charge in [0, 0.05) is 19.7 Å². The highest BCUT2D eigenvalue weighted by atomic mass is 16.6. The van der Waals surface area contributed by atoms with E-state index in [1.807, 2.05) is 13.8 Å². The molecule has 8 heteroatoms. The number of anilines is 1. The van der Waals surface area contributed by atoms with Crippen LogP contribution in [0.2, 0.25) is 0 Å². The van der Waals surface area contributed by atoms with Crippen LogP contribution in [0.25, 0.3) is 0 Å². The number of carbonyl (C=O) groups excluding carboxylic acids is 1. The first-order chi connectivity index (χ1) is 10.0. The Balaban J connectivity index is 3.03. The molecule has 1 heterocycles. The average molecular weight is 296 g/mol. The molecule has 0 aliphatic carbocycles. The third-order valence-corrected chi connectivity index (χ3v) is 2.87. The Hall–Kier alpha value is -2.22. The first kappa shape index (κ1) is 16.8. The Kier molecular flexibility index (Phi) is 6.54. The number of hydrogen-bond donors (Lipinski definition) is 2. The lowest BCUT2D eigenvalue weighted by atomic mass is 10.2. The summed E-state index contributed by atoms with van der Waals surface area (Å²) in [5, 5.41) is 16.5. The Bertz CT molecular complexity index is 507. The quantitative estimate of drug-likeness (QED) is 0.557. The van der Waals surface area contributed by atoms with Crippen molar-refractivity contribution in [1.82, 2.24) is 10.3 Å². The standard InChI is InChI=1S/C13H20N4O4/c1-4-9(8-21-3)16-13(18)11-6-10(17(19)20)7-15-12(11)14-5-2/h6-7,9H,4-5,8H2,1-3H3,(H,14,15)(H,16,18). The lowest BCUT2D eigenvalue weighted by molar-refractivity contribution is -0.385. The zero-order valence-corrected chi connectivity index (χ0v) is 12.4. The molecule has 1 amide bonds. The van der Waals surface area contributed by atoms with E-state index in [9.17, 15) is 14.9 Å². The number of amides is 1. The van der Waals surface area contributed by atoms with E-state index in [4.69, 9.17) is 4.74 Å². The minimum atomic E-state index is -0.577. The third kappa shape index (κ3) is 4.67. The molecular formula is C13H20N4O4. The molecule has 0 aromatic carbocycles. The van der Waals surface area contributed by atoms with Gasteiger partial charge in [0.25, 0.3) is 11.6 Å². The Labute approximate surface area is 123 Å². The lowest BCUT2D eigenvalue weighted by Gasteiger charge is -2.17. The van der Waals surface area contributed by atoms with E-state index in [1.165, 1.54) is 6.07 Å². The van der Waals surface area contributed by atoms with Crippen molar-refractivity contribution in [2.45, 2.75) is 26.3 Å². The SMILES string of the molecule is CCNc1ncc([N+](=O)[O-])cc1C(=O)NC(CC)COC. The molecule has 0 aliphatic rings. The number of nitrogens with zero attached hydrogens (tertiary/aromatic N) is 2. The molecule has 0 spiro atoms. The second kappa shape index (κ2) is 8.15. The van der Waals surface area contributed by atoms with Crippen LogP contribution in [0.3, 0.4) is 0 Å². The van der Waals surface area contributed by atoms with Gasteiger partial charge < -0.3 is 15.4 Å². The maximum absolute atomic E-state index is 12.3. The molecule has 0 saturated carbocycles. The van der Waals surface area contributed by atoms with Crippen LogP contribution < -0.4 is 10.6 Å². The number of methoxy groups -OCH3 is 1. The van der Waals surface area contributed by atoms with E-state index in [2.05, 4.69) is 15.6 Å². The number of pyridine rings is 1. The van der Waals surface area contributed by atoms with E-state index in [0.29, 0.717) is 25.4 Å². The number of ether oxygens (including phenoxy) is 1. The maximum atomic E-state index is 12.3. The van der Waals surface area contributed by atoms with Crippen LogP contribution in [0.5, 0.6) is 0 Å². The summed E-state index contributed by atoms with van der Waals surface area (Å²) in [6, 6.07) is 1.07. The van der Waals surface area contributed by atoms with Gasteiger partial charge in [-0.15, -0.1) is 0 Å². The highest BCUT2D eigenvalue weighted by molar-refractivity contribution is 5.99. The van der Waals surface area contributed by atoms with Crippen molar-refractivity contribution in [3.63, 3.8) is 0 Å². The van der Waals surface area contributed by atoms with Crippen LogP contribution in [-0.2, 0) is 4.74 Å². The monoisotopic (exact) mass is 296 g/mol. The summed E-state index contributed by atoms with van der Waals surface area (Å²) in [4.78, 5) is 26.5. The van der Waals surface area contributed by atoms with Crippen LogP contribution in [0.4, 0.5) is 11.5 Å². The molecule has 1 aromatic heterocycles. The fourth-order valence-corrected chi connectivity index (χ4v) is 1.76. The molecule has 2 N–H and O–H groups in total. The largest absolute Gasteiger partial charge is 0.383 e. The third-order valence-electron chi connectivity index (χ3n) is 2.87. The normalized spacial score (nSPS) is 11.8. The van der Waals surface area contributed by atoms with E-state index in [-0.39, 0.29) is 17.3 Å². The second-order valence-corrected chi connectivity index (χ2v) is 4.41. The van der Waals surface area contributed by atoms with Gasteiger partial charge >= 0.3 is 0 Å². The van der Waals surface area contributed by atoms with Crippen molar-refractivity contribution in [1.29, 1.82) is 0 Å². The molecule has 0 radical (unpaired) electrons. The Morgan fingerprint density at radius 2 is 2.24 bits per heavy atom. The van der Waals surface area contributed by atoms with Crippen LogP contribution >= 0.6 is 0 Å². The molecule has 1 aromatic rings. The molecule has 1 unspecified atom stereocenters. The number of nitro groups is 1. The number of nitrogens with one attached hydrogen (secondary N) is 2. The average Bonchev–Trinajstić information content (AvgIpc) is 2.47. The highest BCUT2D eigenvalue weighted by Gasteiger charge is 2.20. The van der Waals surface area contributed by atoms with E-state index < -0.39 is 10.8 Å². The minimum Gasteiger partial charge on any atom is -0.383 e. The highest BCUT2D eigenvalue weighted by Crippen LogP contribution is 2.19. The van der Waals surface area contributed by atoms with E-state index in [0.717, 1.165) is 6.20 Å². The van der Waals surface area contributed by atoms with Gasteiger partial charge in [0.1, 0.15) is 12.0 Å². The molecule has 1 rings (SSSR count). The molecule has 0 fully saturated rings. The molecular weight excluding hydrogens is 276 g/mol. The number of rotatable bonds is 8. The van der Waals surface area contributed by atoms with Crippen molar-refractivity contribution < 1.29 is 14.5 Å². The van der Waals surface area contributed by atoms with Gasteiger partial charge in [0.2, 0.25) is 0 Å². The van der Waals surface area contributed by atoms with Crippen molar-refractivity contribution in [3.8, 4) is 0 Å². The summed E-state index contributed by atoms with van der Waals surface area (Å²) in [5.74, 6) is -0.0843. The van der Waals surface area contributed by atoms with Gasteiger partial charge in [-0.2, -0.15) is 0 Å². The lowest BCUT2D eigenvalue weighted by Crippen LogP contribution is -2.38. The first-order valence-corrected chi connectivity index (χ1v) is 6.71. The molecule has 116 valence electrons. The number of carbonyl (C=O) groups is 1. The predicted molar refractivity (Wildman–Crippen MR) is 78.5 cm³/mol. The molecule has 1 atom stereocenters. The molecule has 0 bridgehead atoms. The van der Waals surface area contributed by atoms with Gasteiger partial charge in [-0.25, -0.2) is 4.98 Å². The number of aromatic nitrogens is 1. The summed E-state index contributed by atoms with van der Waals surface area (Å²) >= 11 is 0. The zero-order valence-electron chi connectivity index (χ0n) is 12.4. The van der Waals surface area contributed by atoms with Crippen LogP contribution in [-0.4, -0.2) is 42.1 Å². The summed E-state index contributed by atoms with van der Waals surface area (Å²) in [6.45, 7) is 4.70. The molecule has 21 heavy (non-hydrogen) atoms. The summed E-state index contributed by atoms with van der Waals surface area (Å²) in [5.41, 5.74) is -0.0674. The Morgan fingerprint density at radius 1 is 1.52 bits per heavy atom. The van der Waals surface area contributed by atoms with Gasteiger partial charge in [-0.3, -0.25) is 14.9 Å². The van der Waals surface area contributed by atoms with Crippen LogP contribution in [0.1, 0.15) is 30.6 Å². The van der Waals surface area contributed by atoms with Crippen molar-refractivity contribution in [3.05, 3.63) is 27.9 Å². The number of hydrogen-bond acceptors (Lipinski definition) is 6. The van der Waals surface area contributed by atoms with E-state index >= 15 is 0 Å². The van der Waals surface area contributed by atoms with E-state index in [1.54, 1.807) is 7.11 Å². The van der Waals surface area contributed by atoms with Crippen molar-refractivity contribution in [2.24, 2.45) is 0 Å². The summed E-state index contributed by atoms with van der Waals surface area (Å²) in [7, 11) is 1.55. The molecule has 8 nitrogen and oxygen atoms in total. The molecule has 0 saturated heterocycles. The maximum Gasteiger partial charge on any atom is 0.288 e. The van der Waals surface area contributed by atoms with Crippen molar-refractivity contribution >= 4 is 17.4 Å². The van der Waals surface area contributed by atoms with Gasteiger partial charge in [0.15, 0.2) is 0 Å². The summed E-state index contributed by atoms with van der Waals surface area (Å²) in [6.07, 6.45) is 1.82. The van der Waals surface area contributed by atoms with Crippen LogP contribution in [0, 0.1) is 10.1 Å². The topological polar surface area (TPSA) is 106 Å². The first-order valence-electron chi connectivity index (χ1n) is 6.71. The van der Waals surface area contributed by atoms with Gasteiger partial charge in [-0.1, -0.05) is 6.92 Å².